The van der Waals surface area contributed by atoms with Gasteiger partial charge in [0.15, 0.2) is 0 Å². The summed E-state index contributed by atoms with van der Waals surface area (Å²) in [5, 5.41) is 18.4. The van der Waals surface area contributed by atoms with Crippen LogP contribution in [-0.2, 0) is 0 Å². The molecule has 0 aliphatic carbocycles. The molecule has 0 saturated heterocycles. The minimum atomic E-state index is -4.04. The van der Waals surface area contributed by atoms with Crippen LogP contribution in [0.15, 0.2) is 103 Å². The van der Waals surface area contributed by atoms with Crippen LogP contribution in [0, 0.1) is 0 Å². The molecule has 3 nitrogen and oxygen atoms in total. The van der Waals surface area contributed by atoms with E-state index in [4.69, 9.17) is 9.05 Å². The molecule has 31 heavy (non-hydrogen) atoms. The van der Waals surface area contributed by atoms with Gasteiger partial charge in [0, 0.05) is 0 Å². The number of aliphatic hydroxyl groups is 1. The monoisotopic (exact) mass is 422 g/mol. The van der Waals surface area contributed by atoms with Crippen molar-refractivity contribution in [1.29, 1.82) is 0 Å². The Kier molecular flexibility index (Phi) is 3.15. The summed E-state index contributed by atoms with van der Waals surface area (Å²) in [5.74, 6) is 0.569. The molecular formula is C27H19O3P. The molecule has 1 unspecified atom stereocenters. The van der Waals surface area contributed by atoms with Crippen molar-refractivity contribution in [3.05, 3.63) is 109 Å². The average molecular weight is 422 g/mol. The van der Waals surface area contributed by atoms with Gasteiger partial charge in [-0.05, 0) is 0 Å². The molecule has 0 radical (unpaired) electrons. The molecule has 0 bridgehead atoms. The van der Waals surface area contributed by atoms with E-state index in [-0.39, 0.29) is 0 Å². The first-order valence-corrected chi connectivity index (χ1v) is 12.6. The Balaban J connectivity index is 1.69. The first kappa shape index (κ1) is 17.3. The number of hydrogen-bond donors (Lipinski definition) is 1. The third-order valence-corrected chi connectivity index (χ3v) is 11.6. The number of aliphatic hydroxyl groups excluding tert-OH is 1. The molecule has 0 fully saturated rings. The second-order valence-corrected chi connectivity index (χ2v) is 12.1. The standard InChI is InChI=1S/C27H19O3P/c28-27(20-8-2-1-3-9-20)31(23-16-6-12-18-10-4-14-21(29-31)25(18)23)24-17-7-13-19-11-5-15-22(30-31)26(19)24/h1-17,27-28H. The number of rotatable bonds is 2. The van der Waals surface area contributed by atoms with E-state index in [0.717, 1.165) is 49.2 Å². The van der Waals surface area contributed by atoms with Crippen molar-refractivity contribution in [3.8, 4) is 11.5 Å². The molecule has 2 aliphatic heterocycles. The molecule has 1 atom stereocenters. The van der Waals surface area contributed by atoms with Gasteiger partial charge in [0.1, 0.15) is 0 Å². The summed E-state index contributed by atoms with van der Waals surface area (Å²) in [6.07, 6.45) is 0. The van der Waals surface area contributed by atoms with Crippen molar-refractivity contribution < 1.29 is 14.2 Å². The van der Waals surface area contributed by atoms with Crippen molar-refractivity contribution in [1.82, 2.24) is 0 Å². The third kappa shape index (κ3) is 1.88. The van der Waals surface area contributed by atoms with Gasteiger partial charge in [-0.3, -0.25) is 0 Å². The van der Waals surface area contributed by atoms with Crippen LogP contribution < -0.4 is 19.7 Å². The van der Waals surface area contributed by atoms with Crippen LogP contribution in [0.25, 0.3) is 21.5 Å². The van der Waals surface area contributed by atoms with Crippen molar-refractivity contribution >= 4 is 39.2 Å². The molecule has 7 rings (SSSR count). The van der Waals surface area contributed by atoms with Crippen molar-refractivity contribution in [2.75, 3.05) is 0 Å². The number of benzene rings is 5. The van der Waals surface area contributed by atoms with Gasteiger partial charge in [-0.2, -0.15) is 0 Å². The normalized spacial score (nSPS) is 18.9. The van der Waals surface area contributed by atoms with E-state index in [1.165, 1.54) is 0 Å². The zero-order valence-electron chi connectivity index (χ0n) is 16.6. The Morgan fingerprint density at radius 2 is 1.03 bits per heavy atom. The average Bonchev–Trinajstić information content (AvgIpc) is 3.29. The van der Waals surface area contributed by atoms with E-state index in [0.29, 0.717) is 0 Å². The van der Waals surface area contributed by atoms with Gasteiger partial charge in [0.05, 0.1) is 0 Å². The van der Waals surface area contributed by atoms with Crippen LogP contribution >= 0.6 is 7.06 Å². The van der Waals surface area contributed by atoms with E-state index >= 15 is 0 Å². The molecule has 2 aliphatic rings. The molecule has 5 aromatic carbocycles. The van der Waals surface area contributed by atoms with E-state index < -0.39 is 12.9 Å². The minimum absolute atomic E-state index is 0.769. The Hall–Kier alpha value is -3.39. The summed E-state index contributed by atoms with van der Waals surface area (Å²) in [7, 11) is -4.04. The van der Waals surface area contributed by atoms with E-state index in [1.54, 1.807) is 0 Å². The van der Waals surface area contributed by atoms with Gasteiger partial charge < -0.3 is 0 Å². The zero-order chi connectivity index (χ0) is 20.7. The molecule has 1 N–H and O–H groups in total. The van der Waals surface area contributed by atoms with Crippen LogP contribution in [0.1, 0.15) is 11.4 Å². The first-order valence-electron chi connectivity index (χ1n) is 10.4. The third-order valence-electron chi connectivity index (χ3n) is 6.70. The quantitative estimate of drug-likeness (QED) is 0.365. The van der Waals surface area contributed by atoms with Crippen LogP contribution in [0.4, 0.5) is 0 Å². The second kappa shape index (κ2) is 5.64. The molecule has 0 aromatic heterocycles. The van der Waals surface area contributed by atoms with Crippen molar-refractivity contribution in [2.45, 2.75) is 5.85 Å². The summed E-state index contributed by atoms with van der Waals surface area (Å²) >= 11 is 0. The predicted octanol–water partition coefficient (Wildman–Crippen LogP) is 5.80. The van der Waals surface area contributed by atoms with Gasteiger partial charge >= 0.3 is 179 Å². The fourth-order valence-electron chi connectivity index (χ4n) is 5.43. The van der Waals surface area contributed by atoms with E-state index in [9.17, 15) is 5.11 Å². The maximum absolute atomic E-state index is 12.2. The van der Waals surface area contributed by atoms with Gasteiger partial charge in [-0.1, -0.05) is 0 Å². The summed E-state index contributed by atoms with van der Waals surface area (Å²) in [4.78, 5) is 0. The van der Waals surface area contributed by atoms with Crippen molar-refractivity contribution in [2.24, 2.45) is 0 Å². The Morgan fingerprint density at radius 1 is 0.548 bits per heavy atom. The van der Waals surface area contributed by atoms with E-state index in [1.807, 2.05) is 66.7 Å². The summed E-state index contributed by atoms with van der Waals surface area (Å²) < 4.78 is 14.0. The van der Waals surface area contributed by atoms with Gasteiger partial charge in [-0.15, -0.1) is 0 Å². The summed E-state index contributed by atoms with van der Waals surface area (Å²) in [6, 6.07) is 34.3. The van der Waals surface area contributed by atoms with E-state index in [2.05, 4.69) is 36.4 Å². The Morgan fingerprint density at radius 3 is 1.55 bits per heavy atom. The fraction of sp³-hybridized carbons (Fsp3) is 0.0370. The maximum atomic E-state index is 12.2. The molecular weight excluding hydrogens is 403 g/mol. The number of hydrogen-bond acceptors (Lipinski definition) is 3. The summed E-state index contributed by atoms with van der Waals surface area (Å²) in [5.41, 5.74) is 0.787. The Labute approximate surface area is 179 Å². The molecule has 0 amide bonds. The van der Waals surface area contributed by atoms with Gasteiger partial charge in [0.25, 0.3) is 0 Å². The van der Waals surface area contributed by atoms with Crippen molar-refractivity contribution in [3.63, 3.8) is 0 Å². The van der Waals surface area contributed by atoms with Crippen LogP contribution in [0.5, 0.6) is 11.5 Å². The topological polar surface area (TPSA) is 38.7 Å². The summed E-state index contributed by atoms with van der Waals surface area (Å²) in [6.45, 7) is 0. The molecule has 1 spiro atoms. The first-order chi connectivity index (χ1) is 15.2. The predicted molar refractivity (Wildman–Crippen MR) is 127 cm³/mol. The SMILES string of the molecule is OC(c1ccccc1)P12(Oc3cccc4cccc1c34)Oc1cccc3cccc2c13. The molecule has 2 heterocycles. The second-order valence-electron chi connectivity index (χ2n) is 8.25. The molecule has 5 aromatic rings. The number of fused-ring (bicyclic) bond motifs is 2. The van der Waals surface area contributed by atoms with Gasteiger partial charge in [0.2, 0.25) is 0 Å². The fourth-order valence-corrected chi connectivity index (χ4v) is 10.7. The molecule has 0 saturated carbocycles. The Bertz CT molecular complexity index is 1420. The van der Waals surface area contributed by atoms with Crippen LogP contribution in [0.3, 0.4) is 0 Å². The zero-order valence-corrected chi connectivity index (χ0v) is 17.5. The van der Waals surface area contributed by atoms with Crippen LogP contribution in [-0.4, -0.2) is 5.11 Å². The molecule has 4 heteroatoms. The van der Waals surface area contributed by atoms with Gasteiger partial charge in [-0.25, -0.2) is 0 Å². The molecule has 150 valence electrons. The van der Waals surface area contributed by atoms with Crippen LogP contribution in [0.2, 0.25) is 0 Å².